The van der Waals surface area contributed by atoms with Gasteiger partial charge in [-0.1, -0.05) is 37.6 Å². The summed E-state index contributed by atoms with van der Waals surface area (Å²) in [5, 5.41) is 12.2. The van der Waals surface area contributed by atoms with Crippen molar-refractivity contribution in [3.8, 4) is 0 Å². The number of fused-ring (bicyclic) bond motifs is 2. The van der Waals surface area contributed by atoms with Crippen molar-refractivity contribution >= 4 is 18.0 Å². The zero-order valence-electron chi connectivity index (χ0n) is 17.3. The lowest BCUT2D eigenvalue weighted by molar-refractivity contribution is -0.131. The van der Waals surface area contributed by atoms with Crippen LogP contribution >= 0.6 is 0 Å². The van der Waals surface area contributed by atoms with Crippen molar-refractivity contribution in [2.75, 3.05) is 0 Å². The standard InChI is InChI=1S/C24H33NO3/c1-4-16-12-18-8-10-21(19(13-16)14-18)25-23(28)24(2,3)20-7-5-6-17(15-20)9-11-22(26)27/h5-7,9,11,15-16,18-19,21H,4,8,10,12-14H2,1-3H3,(H,25,28)(H,26,27)/b11-9+. The summed E-state index contributed by atoms with van der Waals surface area (Å²) in [6.45, 7) is 6.18. The molecule has 0 aliphatic heterocycles. The Morgan fingerprint density at radius 1 is 1.21 bits per heavy atom. The lowest BCUT2D eigenvalue weighted by atomic mass is 9.65. The van der Waals surface area contributed by atoms with E-state index in [1.165, 1.54) is 32.1 Å². The van der Waals surface area contributed by atoms with Gasteiger partial charge in [0.15, 0.2) is 0 Å². The monoisotopic (exact) mass is 383 g/mol. The van der Waals surface area contributed by atoms with Crippen LogP contribution in [0.5, 0.6) is 0 Å². The summed E-state index contributed by atoms with van der Waals surface area (Å²) in [6.07, 6.45) is 10.1. The van der Waals surface area contributed by atoms with Gasteiger partial charge in [-0.15, -0.1) is 0 Å². The molecule has 152 valence electrons. The molecular formula is C24H33NO3. The summed E-state index contributed by atoms with van der Waals surface area (Å²) in [5.74, 6) is 1.36. The Labute approximate surface area is 168 Å². The number of hydrogen-bond acceptors (Lipinski definition) is 2. The minimum absolute atomic E-state index is 0.0638. The molecule has 3 rings (SSSR count). The molecule has 0 radical (unpaired) electrons. The van der Waals surface area contributed by atoms with Crippen LogP contribution < -0.4 is 5.32 Å². The highest BCUT2D eigenvalue weighted by Gasteiger charge is 2.39. The van der Waals surface area contributed by atoms with E-state index in [0.29, 0.717) is 5.92 Å². The number of carboxylic acid groups (broad SMARTS) is 1. The molecule has 0 heterocycles. The second-order valence-corrected chi connectivity index (χ2v) is 9.19. The first kappa shape index (κ1) is 20.6. The van der Waals surface area contributed by atoms with E-state index in [1.807, 2.05) is 38.1 Å². The summed E-state index contributed by atoms with van der Waals surface area (Å²) >= 11 is 0. The summed E-state index contributed by atoms with van der Waals surface area (Å²) in [5.41, 5.74) is 1.03. The molecule has 1 amide bonds. The molecule has 0 aromatic heterocycles. The quantitative estimate of drug-likeness (QED) is 0.695. The highest BCUT2D eigenvalue weighted by molar-refractivity contribution is 5.88. The normalized spacial score (nSPS) is 27.5. The predicted molar refractivity (Wildman–Crippen MR) is 112 cm³/mol. The Kier molecular flexibility index (Phi) is 6.26. The average Bonchev–Trinajstić information content (AvgIpc) is 2.68. The van der Waals surface area contributed by atoms with Crippen molar-refractivity contribution < 1.29 is 14.7 Å². The Morgan fingerprint density at radius 2 is 2.00 bits per heavy atom. The molecule has 0 saturated heterocycles. The Hall–Kier alpha value is -2.10. The van der Waals surface area contributed by atoms with E-state index >= 15 is 0 Å². The second-order valence-electron chi connectivity index (χ2n) is 9.19. The molecule has 2 bridgehead atoms. The van der Waals surface area contributed by atoms with Crippen LogP contribution in [-0.2, 0) is 15.0 Å². The maximum absolute atomic E-state index is 13.2. The molecule has 2 aliphatic rings. The number of hydrogen-bond donors (Lipinski definition) is 2. The number of aliphatic carboxylic acids is 1. The van der Waals surface area contributed by atoms with Crippen LogP contribution in [0.1, 0.15) is 70.4 Å². The van der Waals surface area contributed by atoms with Crippen molar-refractivity contribution in [1.82, 2.24) is 5.32 Å². The van der Waals surface area contributed by atoms with Crippen LogP contribution in [0.3, 0.4) is 0 Å². The van der Waals surface area contributed by atoms with Gasteiger partial charge < -0.3 is 10.4 Å². The van der Waals surface area contributed by atoms with Crippen molar-refractivity contribution in [2.24, 2.45) is 17.8 Å². The topological polar surface area (TPSA) is 66.4 Å². The first-order valence-electron chi connectivity index (χ1n) is 10.6. The van der Waals surface area contributed by atoms with Gasteiger partial charge in [0.2, 0.25) is 5.91 Å². The summed E-state index contributed by atoms with van der Waals surface area (Å²) in [4.78, 5) is 24.0. The van der Waals surface area contributed by atoms with Gasteiger partial charge in [0.05, 0.1) is 5.41 Å². The largest absolute Gasteiger partial charge is 0.478 e. The van der Waals surface area contributed by atoms with Crippen molar-refractivity contribution in [2.45, 2.75) is 70.8 Å². The van der Waals surface area contributed by atoms with E-state index in [9.17, 15) is 9.59 Å². The zero-order chi connectivity index (χ0) is 20.3. The van der Waals surface area contributed by atoms with Gasteiger partial charge in [-0.3, -0.25) is 4.79 Å². The summed E-state index contributed by atoms with van der Waals surface area (Å²) in [7, 11) is 0. The van der Waals surface area contributed by atoms with E-state index in [0.717, 1.165) is 35.5 Å². The molecule has 0 spiro atoms. The second kappa shape index (κ2) is 8.50. The van der Waals surface area contributed by atoms with Crippen LogP contribution in [0.25, 0.3) is 6.08 Å². The van der Waals surface area contributed by atoms with Gasteiger partial charge >= 0.3 is 5.97 Å². The minimum Gasteiger partial charge on any atom is -0.478 e. The third kappa shape index (κ3) is 4.65. The summed E-state index contributed by atoms with van der Waals surface area (Å²) < 4.78 is 0. The number of carbonyl (C=O) groups excluding carboxylic acids is 1. The van der Waals surface area contributed by atoms with Crippen molar-refractivity contribution in [3.05, 3.63) is 41.5 Å². The molecule has 4 nitrogen and oxygen atoms in total. The number of carboxylic acids is 1. The van der Waals surface area contributed by atoms with E-state index in [1.54, 1.807) is 6.08 Å². The van der Waals surface area contributed by atoms with Crippen LogP contribution in [0.4, 0.5) is 0 Å². The molecule has 4 atom stereocenters. The number of carbonyl (C=O) groups is 2. The molecule has 28 heavy (non-hydrogen) atoms. The van der Waals surface area contributed by atoms with E-state index in [2.05, 4.69) is 12.2 Å². The maximum atomic E-state index is 13.2. The van der Waals surface area contributed by atoms with E-state index < -0.39 is 11.4 Å². The van der Waals surface area contributed by atoms with Crippen LogP contribution in [0, 0.1) is 17.8 Å². The third-order valence-corrected chi connectivity index (χ3v) is 6.88. The van der Waals surface area contributed by atoms with E-state index in [-0.39, 0.29) is 11.9 Å². The average molecular weight is 384 g/mol. The fourth-order valence-corrected chi connectivity index (χ4v) is 5.03. The maximum Gasteiger partial charge on any atom is 0.328 e. The van der Waals surface area contributed by atoms with E-state index in [4.69, 9.17) is 5.11 Å². The molecule has 2 fully saturated rings. The lowest BCUT2D eigenvalue weighted by Gasteiger charge is -2.44. The minimum atomic E-state index is -0.976. The zero-order valence-corrected chi connectivity index (χ0v) is 17.3. The Balaban J connectivity index is 1.71. The van der Waals surface area contributed by atoms with Gasteiger partial charge in [-0.05, 0) is 80.9 Å². The van der Waals surface area contributed by atoms with Gasteiger partial charge in [0, 0.05) is 12.1 Å². The third-order valence-electron chi connectivity index (χ3n) is 6.88. The molecule has 1 aromatic rings. The molecule has 2 aliphatic carbocycles. The number of amides is 1. The van der Waals surface area contributed by atoms with Crippen molar-refractivity contribution in [1.29, 1.82) is 0 Å². The lowest BCUT2D eigenvalue weighted by Crippen LogP contribution is -2.51. The predicted octanol–water partition coefficient (Wildman–Crippen LogP) is 4.78. The molecule has 4 unspecified atom stereocenters. The number of rotatable bonds is 6. The first-order chi connectivity index (χ1) is 13.3. The summed E-state index contributed by atoms with van der Waals surface area (Å²) in [6, 6.07) is 7.87. The van der Waals surface area contributed by atoms with Crippen molar-refractivity contribution in [3.63, 3.8) is 0 Å². The van der Waals surface area contributed by atoms with Gasteiger partial charge in [0.1, 0.15) is 0 Å². The van der Waals surface area contributed by atoms with Crippen LogP contribution in [-0.4, -0.2) is 23.0 Å². The molecular weight excluding hydrogens is 350 g/mol. The SMILES string of the molecule is CCC1CC2CCC(NC(=O)C(C)(C)c3cccc(/C=C/C(=O)O)c3)C(C1)C2. The Bertz CT molecular complexity index is 752. The molecule has 1 aromatic carbocycles. The smallest absolute Gasteiger partial charge is 0.328 e. The molecule has 2 saturated carbocycles. The Morgan fingerprint density at radius 3 is 2.71 bits per heavy atom. The highest BCUT2D eigenvalue weighted by Crippen LogP contribution is 2.44. The molecule has 4 heteroatoms. The number of nitrogens with one attached hydrogen (secondary N) is 1. The number of benzene rings is 1. The van der Waals surface area contributed by atoms with Gasteiger partial charge in [0.25, 0.3) is 0 Å². The van der Waals surface area contributed by atoms with Crippen LogP contribution in [0.2, 0.25) is 0 Å². The molecule has 2 N–H and O–H groups in total. The fourth-order valence-electron chi connectivity index (χ4n) is 5.03. The first-order valence-corrected chi connectivity index (χ1v) is 10.6. The van der Waals surface area contributed by atoms with Crippen LogP contribution in [0.15, 0.2) is 30.3 Å². The van der Waals surface area contributed by atoms with Gasteiger partial charge in [-0.25, -0.2) is 4.79 Å². The van der Waals surface area contributed by atoms with Gasteiger partial charge in [-0.2, -0.15) is 0 Å². The highest BCUT2D eigenvalue weighted by atomic mass is 16.4. The fraction of sp³-hybridized carbons (Fsp3) is 0.583.